The van der Waals surface area contributed by atoms with Gasteiger partial charge in [0.25, 0.3) is 0 Å². The molecule has 1 saturated heterocycles. The first-order valence-corrected chi connectivity index (χ1v) is 10.8. The Kier molecular flexibility index (Phi) is 10.8. The molecule has 1 aliphatic heterocycles. The molecule has 1 heterocycles. The second-order valence-corrected chi connectivity index (χ2v) is 8.88. The first kappa shape index (κ1) is 24.8. The Bertz CT molecular complexity index is 742. The number of aliphatic imine (C=N–C) groups is 1. The van der Waals surface area contributed by atoms with Crippen LogP contribution in [-0.2, 0) is 10.0 Å². The van der Waals surface area contributed by atoms with Crippen molar-refractivity contribution in [2.75, 3.05) is 45.6 Å². The van der Waals surface area contributed by atoms with Gasteiger partial charge in [0, 0.05) is 31.7 Å². The summed E-state index contributed by atoms with van der Waals surface area (Å²) >= 11 is 18.0. The quantitative estimate of drug-likeness (QED) is 0.228. The molecule has 0 aliphatic carbocycles. The van der Waals surface area contributed by atoms with Crippen molar-refractivity contribution in [3.63, 3.8) is 0 Å². The van der Waals surface area contributed by atoms with Gasteiger partial charge >= 0.3 is 0 Å². The Balaban J connectivity index is 0.00000364. The molecule has 1 fully saturated rings. The van der Waals surface area contributed by atoms with Gasteiger partial charge in [0.1, 0.15) is 6.61 Å². The zero-order chi connectivity index (χ0) is 19.2. The minimum absolute atomic E-state index is 0. The molecule has 0 saturated carbocycles. The largest absolute Gasteiger partial charge is 0.489 e. The fourth-order valence-electron chi connectivity index (χ4n) is 2.45. The molecule has 0 spiro atoms. The van der Waals surface area contributed by atoms with Crippen LogP contribution in [0.25, 0.3) is 0 Å². The first-order chi connectivity index (χ1) is 12.3. The van der Waals surface area contributed by atoms with E-state index in [2.05, 4.69) is 15.6 Å². The Labute approximate surface area is 191 Å². The van der Waals surface area contributed by atoms with Crippen LogP contribution in [0.4, 0.5) is 0 Å². The van der Waals surface area contributed by atoms with E-state index in [4.69, 9.17) is 39.5 Å². The van der Waals surface area contributed by atoms with Gasteiger partial charge in [0.05, 0.1) is 22.3 Å². The van der Waals surface area contributed by atoms with Crippen molar-refractivity contribution in [1.82, 2.24) is 14.9 Å². The number of nitrogens with zero attached hydrogens (tertiary/aromatic N) is 2. The molecule has 2 N–H and O–H groups in total. The molecular formula is C15H22Cl3IN4O3S. The molecule has 1 aliphatic rings. The number of guanidine groups is 1. The van der Waals surface area contributed by atoms with Crippen molar-refractivity contribution in [3.8, 4) is 5.75 Å². The fraction of sp³-hybridized carbons (Fsp3) is 0.533. The molecule has 1 aromatic rings. The summed E-state index contributed by atoms with van der Waals surface area (Å²) in [5, 5.41) is 7.27. The maximum Gasteiger partial charge on any atom is 0.214 e. The highest BCUT2D eigenvalue weighted by Gasteiger charge is 2.27. The van der Waals surface area contributed by atoms with Gasteiger partial charge in [-0.1, -0.05) is 34.8 Å². The predicted molar refractivity (Wildman–Crippen MR) is 122 cm³/mol. The lowest BCUT2D eigenvalue weighted by atomic mass is 10.3. The monoisotopic (exact) mass is 570 g/mol. The van der Waals surface area contributed by atoms with Crippen LogP contribution in [0.15, 0.2) is 17.1 Å². The third kappa shape index (κ3) is 7.62. The number of benzene rings is 1. The van der Waals surface area contributed by atoms with Crippen molar-refractivity contribution in [2.45, 2.75) is 6.42 Å². The van der Waals surface area contributed by atoms with E-state index in [0.717, 1.165) is 0 Å². The van der Waals surface area contributed by atoms with Gasteiger partial charge in [0.2, 0.25) is 10.0 Å². The van der Waals surface area contributed by atoms with E-state index in [-0.39, 0.29) is 29.7 Å². The maximum atomic E-state index is 11.7. The van der Waals surface area contributed by atoms with E-state index in [1.807, 2.05) is 0 Å². The van der Waals surface area contributed by atoms with Crippen LogP contribution in [-0.4, -0.2) is 64.3 Å². The van der Waals surface area contributed by atoms with E-state index in [1.165, 1.54) is 4.31 Å². The lowest BCUT2D eigenvalue weighted by molar-refractivity contribution is 0.322. The predicted octanol–water partition coefficient (Wildman–Crippen LogP) is 2.84. The highest BCUT2D eigenvalue weighted by molar-refractivity contribution is 14.0. The Morgan fingerprint density at radius 2 is 1.85 bits per heavy atom. The van der Waals surface area contributed by atoms with E-state index in [0.29, 0.717) is 66.0 Å². The minimum Gasteiger partial charge on any atom is -0.489 e. The standard InChI is InChI=1S/C15H21Cl3N4O3S.HI/c1-19-15(20-3-6-22-5-2-8-26(22,23)24)21-4-7-25-14-12(17)9-11(16)10-13(14)18;/h9-10H,2-8H2,1H3,(H2,19,20,21);1H. The lowest BCUT2D eigenvalue weighted by Crippen LogP contribution is -2.43. The van der Waals surface area contributed by atoms with Gasteiger partial charge in [-0.05, 0) is 18.6 Å². The van der Waals surface area contributed by atoms with Gasteiger partial charge in [0.15, 0.2) is 11.7 Å². The second-order valence-electron chi connectivity index (χ2n) is 5.54. The molecular weight excluding hydrogens is 550 g/mol. The summed E-state index contributed by atoms with van der Waals surface area (Å²) in [4.78, 5) is 4.08. The summed E-state index contributed by atoms with van der Waals surface area (Å²) in [5.41, 5.74) is 0. The summed E-state index contributed by atoms with van der Waals surface area (Å²) in [6.45, 7) is 2.22. The zero-order valence-electron chi connectivity index (χ0n) is 14.7. The van der Waals surface area contributed by atoms with Crippen LogP contribution in [0.5, 0.6) is 5.75 Å². The van der Waals surface area contributed by atoms with Crippen molar-refractivity contribution in [1.29, 1.82) is 0 Å². The number of ether oxygens (including phenoxy) is 1. The number of nitrogens with one attached hydrogen (secondary N) is 2. The van der Waals surface area contributed by atoms with E-state index in [1.54, 1.807) is 19.2 Å². The Morgan fingerprint density at radius 3 is 2.41 bits per heavy atom. The van der Waals surface area contributed by atoms with Gasteiger partial charge in [-0.15, -0.1) is 24.0 Å². The summed E-state index contributed by atoms with van der Waals surface area (Å²) in [7, 11) is -1.44. The molecule has 0 radical (unpaired) electrons. The van der Waals surface area contributed by atoms with Crippen LogP contribution in [0.3, 0.4) is 0 Å². The number of hydrogen-bond acceptors (Lipinski definition) is 4. The normalized spacial score (nSPS) is 16.7. The summed E-state index contributed by atoms with van der Waals surface area (Å²) < 4.78 is 30.5. The smallest absolute Gasteiger partial charge is 0.214 e. The van der Waals surface area contributed by atoms with E-state index in [9.17, 15) is 8.42 Å². The third-order valence-electron chi connectivity index (χ3n) is 3.68. The number of hydrogen-bond donors (Lipinski definition) is 2. The van der Waals surface area contributed by atoms with Crippen LogP contribution in [0, 0.1) is 0 Å². The van der Waals surface area contributed by atoms with Crippen molar-refractivity contribution >= 4 is 74.8 Å². The zero-order valence-corrected chi connectivity index (χ0v) is 20.1. The number of sulfonamides is 1. The fourth-order valence-corrected chi connectivity index (χ4v) is 4.91. The molecule has 2 rings (SSSR count). The number of halogens is 4. The van der Waals surface area contributed by atoms with Crippen molar-refractivity contribution in [3.05, 3.63) is 27.2 Å². The van der Waals surface area contributed by atoms with Gasteiger partial charge in [-0.25, -0.2) is 12.7 Å². The van der Waals surface area contributed by atoms with E-state index >= 15 is 0 Å². The average molecular weight is 572 g/mol. The summed E-state index contributed by atoms with van der Waals surface area (Å²) in [5.74, 6) is 1.16. The van der Waals surface area contributed by atoms with Crippen LogP contribution in [0.1, 0.15) is 6.42 Å². The van der Waals surface area contributed by atoms with Gasteiger partial charge < -0.3 is 15.4 Å². The molecule has 154 valence electrons. The molecule has 0 unspecified atom stereocenters. The van der Waals surface area contributed by atoms with Gasteiger partial charge in [-0.2, -0.15) is 0 Å². The molecule has 7 nitrogen and oxygen atoms in total. The average Bonchev–Trinajstić information content (AvgIpc) is 2.90. The Hall–Kier alpha value is -0.200. The highest BCUT2D eigenvalue weighted by atomic mass is 127. The van der Waals surface area contributed by atoms with Crippen LogP contribution < -0.4 is 15.4 Å². The van der Waals surface area contributed by atoms with Gasteiger partial charge in [-0.3, -0.25) is 4.99 Å². The minimum atomic E-state index is -3.08. The molecule has 27 heavy (non-hydrogen) atoms. The Morgan fingerprint density at radius 1 is 1.22 bits per heavy atom. The SMILES string of the molecule is CN=C(NCCOc1c(Cl)cc(Cl)cc1Cl)NCCN1CCCS1(=O)=O.I. The molecule has 0 amide bonds. The van der Waals surface area contributed by atoms with Crippen LogP contribution >= 0.6 is 58.8 Å². The summed E-state index contributed by atoms with van der Waals surface area (Å²) in [6.07, 6.45) is 0.683. The molecule has 12 heteroatoms. The summed E-state index contributed by atoms with van der Waals surface area (Å²) in [6, 6.07) is 3.12. The molecule has 0 aromatic heterocycles. The van der Waals surface area contributed by atoms with E-state index < -0.39 is 10.0 Å². The van der Waals surface area contributed by atoms with Crippen molar-refractivity contribution in [2.24, 2.45) is 4.99 Å². The third-order valence-corrected chi connectivity index (χ3v) is 6.42. The molecule has 1 aromatic carbocycles. The molecule has 0 atom stereocenters. The van der Waals surface area contributed by atoms with Crippen molar-refractivity contribution < 1.29 is 13.2 Å². The lowest BCUT2D eigenvalue weighted by Gasteiger charge is -2.17. The number of rotatable bonds is 7. The molecule has 0 bridgehead atoms. The van der Waals surface area contributed by atoms with Crippen LogP contribution in [0.2, 0.25) is 15.1 Å². The first-order valence-electron chi connectivity index (χ1n) is 8.03. The second kappa shape index (κ2) is 11.7. The highest BCUT2D eigenvalue weighted by Crippen LogP contribution is 2.35. The topological polar surface area (TPSA) is 83.0 Å². The maximum absolute atomic E-state index is 11.7.